The maximum Gasteiger partial charge on any atom is 0.410 e. The zero-order chi connectivity index (χ0) is 17.2. The van der Waals surface area contributed by atoms with E-state index in [1.165, 1.54) is 0 Å². The summed E-state index contributed by atoms with van der Waals surface area (Å²) < 4.78 is 4.91. The van der Waals surface area contributed by atoms with Gasteiger partial charge in [0.15, 0.2) is 0 Å². The van der Waals surface area contributed by atoms with E-state index in [4.69, 9.17) is 4.74 Å². The van der Waals surface area contributed by atoms with Gasteiger partial charge in [0, 0.05) is 17.6 Å². The molecule has 1 aliphatic rings. The molecule has 0 atom stereocenters. The molecule has 0 saturated carbocycles. The predicted molar refractivity (Wildman–Crippen MR) is 92.2 cm³/mol. The van der Waals surface area contributed by atoms with Crippen molar-refractivity contribution in [3.63, 3.8) is 0 Å². The van der Waals surface area contributed by atoms with Crippen molar-refractivity contribution in [3.05, 3.63) is 59.8 Å². The molecule has 4 rings (SSSR count). The van der Waals surface area contributed by atoms with Crippen LogP contribution in [0.2, 0.25) is 0 Å². The van der Waals surface area contributed by atoms with Crippen molar-refractivity contribution in [2.45, 2.75) is 6.54 Å². The van der Waals surface area contributed by atoms with Gasteiger partial charge in [-0.15, -0.1) is 0 Å². The van der Waals surface area contributed by atoms with E-state index < -0.39 is 0 Å². The highest BCUT2D eigenvalue weighted by Crippen LogP contribution is 2.18. The molecule has 1 aromatic heterocycles. The fourth-order valence-electron chi connectivity index (χ4n) is 2.84. The molecule has 2 N–H and O–H groups in total. The van der Waals surface area contributed by atoms with E-state index in [-0.39, 0.29) is 12.0 Å². The van der Waals surface area contributed by atoms with Gasteiger partial charge in [-0.25, -0.2) is 4.79 Å². The van der Waals surface area contributed by atoms with Crippen LogP contribution in [0.5, 0.6) is 0 Å². The van der Waals surface area contributed by atoms with Crippen molar-refractivity contribution in [2.24, 2.45) is 0 Å². The molecule has 0 bridgehead atoms. The zero-order valence-electron chi connectivity index (χ0n) is 13.4. The molecular weight excluding hydrogens is 320 g/mol. The molecule has 7 nitrogen and oxygen atoms in total. The van der Waals surface area contributed by atoms with E-state index in [0.717, 1.165) is 10.9 Å². The van der Waals surface area contributed by atoms with Crippen LogP contribution < -0.4 is 5.32 Å². The lowest BCUT2D eigenvalue weighted by Gasteiger charge is -2.13. The molecule has 126 valence electrons. The topological polar surface area (TPSA) is 87.3 Å². The monoisotopic (exact) mass is 336 g/mol. The number of nitrogens with one attached hydrogen (secondary N) is 2. The van der Waals surface area contributed by atoms with Crippen LogP contribution in [0.25, 0.3) is 10.9 Å². The van der Waals surface area contributed by atoms with E-state index >= 15 is 0 Å². The van der Waals surface area contributed by atoms with Crippen LogP contribution in [0, 0.1) is 0 Å². The molecule has 0 unspecified atom stereocenters. The van der Waals surface area contributed by atoms with Crippen LogP contribution in [-0.2, 0) is 11.3 Å². The fraction of sp³-hybridized carbons (Fsp3) is 0.167. The van der Waals surface area contributed by atoms with Crippen LogP contribution in [0.4, 0.5) is 10.5 Å². The Bertz CT molecular complexity index is 933. The number of ether oxygens (including phenoxy) is 1. The quantitative estimate of drug-likeness (QED) is 0.767. The summed E-state index contributed by atoms with van der Waals surface area (Å²) in [4.78, 5) is 25.6. The molecule has 1 aliphatic heterocycles. The number of cyclic esters (lactones) is 1. The molecule has 7 heteroatoms. The molecule has 2 amide bonds. The second-order valence-electron chi connectivity index (χ2n) is 5.83. The standard InChI is InChI=1S/C18H16N4O3/c23-17(15-3-1-2-13-10-19-21-16(13)15)20-14-6-4-12(5-7-14)11-22-8-9-25-18(22)24/h1-7,10H,8-9,11H2,(H,19,21)(H,20,23). The summed E-state index contributed by atoms with van der Waals surface area (Å²) in [7, 11) is 0. The summed E-state index contributed by atoms with van der Waals surface area (Å²) in [6, 6.07) is 12.9. The van der Waals surface area contributed by atoms with Crippen molar-refractivity contribution in [3.8, 4) is 0 Å². The normalized spacial score (nSPS) is 13.9. The first-order valence-corrected chi connectivity index (χ1v) is 7.95. The first-order valence-electron chi connectivity index (χ1n) is 7.95. The van der Waals surface area contributed by atoms with Crippen molar-refractivity contribution in [2.75, 3.05) is 18.5 Å². The minimum atomic E-state index is -0.287. The number of amides is 2. The number of benzene rings is 2. The average Bonchev–Trinajstić information content (AvgIpc) is 3.25. The Morgan fingerprint density at radius 2 is 2.08 bits per heavy atom. The smallest absolute Gasteiger partial charge is 0.410 e. The first-order chi connectivity index (χ1) is 12.2. The lowest BCUT2D eigenvalue weighted by atomic mass is 10.1. The number of hydrogen-bond acceptors (Lipinski definition) is 4. The van der Waals surface area contributed by atoms with Crippen molar-refractivity contribution < 1.29 is 14.3 Å². The molecule has 3 aromatic rings. The van der Waals surface area contributed by atoms with Crippen LogP contribution in [0.1, 0.15) is 15.9 Å². The first kappa shape index (κ1) is 15.2. The molecule has 1 saturated heterocycles. The molecule has 0 spiro atoms. The summed E-state index contributed by atoms with van der Waals surface area (Å²) in [5, 5.41) is 10.6. The maximum absolute atomic E-state index is 12.5. The number of H-pyrrole nitrogens is 1. The number of hydrogen-bond donors (Lipinski definition) is 2. The number of nitrogens with zero attached hydrogens (tertiary/aromatic N) is 2. The van der Waals surface area contributed by atoms with Crippen molar-refractivity contribution in [1.82, 2.24) is 15.1 Å². The zero-order valence-corrected chi connectivity index (χ0v) is 13.4. The van der Waals surface area contributed by atoms with Gasteiger partial charge in [0.05, 0.1) is 23.8 Å². The molecule has 2 aromatic carbocycles. The largest absolute Gasteiger partial charge is 0.448 e. The van der Waals surface area contributed by atoms with Crippen molar-refractivity contribution >= 4 is 28.6 Å². The number of carbonyl (C=O) groups is 2. The van der Waals surface area contributed by atoms with Crippen LogP contribution in [0.3, 0.4) is 0 Å². The van der Waals surface area contributed by atoms with Gasteiger partial charge in [-0.3, -0.25) is 9.89 Å². The number of carbonyl (C=O) groups excluding carboxylic acids is 2. The van der Waals surface area contributed by atoms with Gasteiger partial charge in [-0.1, -0.05) is 24.3 Å². The maximum atomic E-state index is 12.5. The van der Waals surface area contributed by atoms with Crippen LogP contribution in [0.15, 0.2) is 48.7 Å². The van der Waals surface area contributed by atoms with Crippen molar-refractivity contribution in [1.29, 1.82) is 0 Å². The third-order valence-corrected chi connectivity index (χ3v) is 4.15. The summed E-state index contributed by atoms with van der Waals surface area (Å²) in [5.74, 6) is -0.203. The van der Waals surface area contributed by atoms with E-state index in [2.05, 4.69) is 15.5 Å². The Balaban J connectivity index is 1.46. The van der Waals surface area contributed by atoms with E-state index in [9.17, 15) is 9.59 Å². The molecule has 0 radical (unpaired) electrons. The number of anilines is 1. The minimum Gasteiger partial charge on any atom is -0.448 e. The van der Waals surface area contributed by atoms with Crippen LogP contribution in [-0.4, -0.2) is 40.2 Å². The molecular formula is C18H16N4O3. The second-order valence-corrected chi connectivity index (χ2v) is 5.83. The van der Waals surface area contributed by atoms with Gasteiger partial charge < -0.3 is 15.0 Å². The lowest BCUT2D eigenvalue weighted by Crippen LogP contribution is -2.23. The number of rotatable bonds is 4. The third kappa shape index (κ3) is 3.03. The Hall–Kier alpha value is -3.35. The summed E-state index contributed by atoms with van der Waals surface area (Å²) >= 11 is 0. The highest BCUT2D eigenvalue weighted by Gasteiger charge is 2.21. The highest BCUT2D eigenvalue weighted by atomic mass is 16.6. The number of para-hydroxylation sites is 1. The van der Waals surface area contributed by atoms with Gasteiger partial charge in [-0.05, 0) is 23.8 Å². The minimum absolute atomic E-state index is 0.203. The van der Waals surface area contributed by atoms with E-state index in [1.807, 2.05) is 36.4 Å². The fourth-order valence-corrected chi connectivity index (χ4v) is 2.84. The SMILES string of the molecule is O=C(Nc1ccc(CN2CCOC2=O)cc1)c1cccc2cn[nH]c12. The lowest BCUT2D eigenvalue weighted by molar-refractivity contribution is 0.102. The molecule has 0 aliphatic carbocycles. The van der Waals surface area contributed by atoms with E-state index in [1.54, 1.807) is 17.2 Å². The highest BCUT2D eigenvalue weighted by molar-refractivity contribution is 6.11. The second kappa shape index (κ2) is 6.27. The van der Waals surface area contributed by atoms with Gasteiger partial charge in [0.2, 0.25) is 0 Å². The van der Waals surface area contributed by atoms with Gasteiger partial charge in [0.25, 0.3) is 5.91 Å². The van der Waals surface area contributed by atoms with E-state index in [0.29, 0.717) is 36.5 Å². The number of aromatic nitrogens is 2. The predicted octanol–water partition coefficient (Wildman–Crippen LogP) is 2.77. The summed E-state index contributed by atoms with van der Waals surface area (Å²) in [6.45, 7) is 1.54. The van der Waals surface area contributed by atoms with Gasteiger partial charge in [-0.2, -0.15) is 5.10 Å². The van der Waals surface area contributed by atoms with Gasteiger partial charge in [0.1, 0.15) is 6.61 Å². The van der Waals surface area contributed by atoms with Gasteiger partial charge >= 0.3 is 6.09 Å². The Kier molecular flexibility index (Phi) is 3.81. The Labute approximate surface area is 143 Å². The average molecular weight is 336 g/mol. The number of fused-ring (bicyclic) bond motifs is 1. The van der Waals surface area contributed by atoms with Crippen LogP contribution >= 0.6 is 0 Å². The number of aromatic amines is 1. The summed E-state index contributed by atoms with van der Waals surface area (Å²) in [6.07, 6.45) is 1.40. The third-order valence-electron chi connectivity index (χ3n) is 4.15. The summed E-state index contributed by atoms with van der Waals surface area (Å²) in [5.41, 5.74) is 2.92. The molecule has 2 heterocycles. The molecule has 1 fully saturated rings. The molecule has 25 heavy (non-hydrogen) atoms. The Morgan fingerprint density at radius 3 is 2.84 bits per heavy atom. The Morgan fingerprint density at radius 1 is 1.24 bits per heavy atom.